The third-order valence-corrected chi connectivity index (χ3v) is 7.16. The number of carbonyl (C=O) groups excluding carboxylic acids is 3. The van der Waals surface area contributed by atoms with Crippen LogP contribution in [0.15, 0.2) is 102 Å². The maximum atomic E-state index is 11.8. The zero-order chi connectivity index (χ0) is 27.1. The van der Waals surface area contributed by atoms with Crippen molar-refractivity contribution in [2.75, 3.05) is 0 Å². The van der Waals surface area contributed by atoms with E-state index in [1.165, 1.54) is 0 Å². The fraction of sp³-hybridized carbons (Fsp3) is 0.156. The molecule has 0 amide bonds. The number of rotatable bonds is 6. The van der Waals surface area contributed by atoms with Gasteiger partial charge in [0.2, 0.25) is 0 Å². The molecule has 0 spiro atoms. The van der Waals surface area contributed by atoms with E-state index < -0.39 is 11.9 Å². The van der Waals surface area contributed by atoms with Crippen LogP contribution >= 0.6 is 0 Å². The molecule has 194 valence electrons. The third kappa shape index (κ3) is 4.63. The minimum Gasteiger partial charge on any atom is -0.461 e. The number of ether oxygens (including phenoxy) is 4. The molecule has 0 bridgehead atoms. The Hall–Kier alpha value is -4.91. The normalized spacial score (nSPS) is 16.3. The molecule has 1 fully saturated rings. The summed E-state index contributed by atoms with van der Waals surface area (Å²) in [5.41, 5.74) is 3.86. The minimum atomic E-state index is -0.634. The summed E-state index contributed by atoms with van der Waals surface area (Å²) in [4.78, 5) is 35.4. The van der Waals surface area contributed by atoms with E-state index in [1.54, 1.807) is 24.3 Å². The fourth-order valence-corrected chi connectivity index (χ4v) is 4.78. The van der Waals surface area contributed by atoms with Gasteiger partial charge in [-0.1, -0.05) is 50.3 Å². The van der Waals surface area contributed by atoms with Crippen LogP contribution in [0.25, 0.3) is 0 Å². The van der Waals surface area contributed by atoms with Crippen LogP contribution in [0, 0.1) is 0 Å². The molecule has 6 rings (SSSR count). The van der Waals surface area contributed by atoms with Crippen molar-refractivity contribution in [3.63, 3.8) is 0 Å². The highest BCUT2D eigenvalue weighted by molar-refractivity contribution is 6.18. The lowest BCUT2D eigenvalue weighted by atomic mass is 9.78. The van der Waals surface area contributed by atoms with E-state index in [0.717, 1.165) is 16.7 Å². The lowest BCUT2D eigenvalue weighted by Gasteiger charge is -2.26. The summed E-state index contributed by atoms with van der Waals surface area (Å²) in [6.45, 7) is 4.59. The zero-order valence-electron chi connectivity index (χ0n) is 21.4. The van der Waals surface area contributed by atoms with Gasteiger partial charge in [-0.25, -0.2) is 14.4 Å². The molecular formula is C32H24O7. The first kappa shape index (κ1) is 24.4. The van der Waals surface area contributed by atoms with Gasteiger partial charge in [0.25, 0.3) is 0 Å². The second kappa shape index (κ2) is 9.44. The quantitative estimate of drug-likeness (QED) is 0.288. The summed E-state index contributed by atoms with van der Waals surface area (Å²) in [7, 11) is 0. The SMILES string of the molecule is CC(C)(c1ccc(OC2=CC=C3C(=O)OC(=O)C3=CC2)cc1)c1ccc(Oc2ccc3c(c2)C(=O)OC3)cc1. The summed E-state index contributed by atoms with van der Waals surface area (Å²) in [5.74, 6) is 0.946. The Balaban J connectivity index is 1.13. The molecular weight excluding hydrogens is 496 g/mol. The highest BCUT2D eigenvalue weighted by Crippen LogP contribution is 2.35. The van der Waals surface area contributed by atoms with Gasteiger partial charge in [0, 0.05) is 17.4 Å². The number of hydrogen-bond donors (Lipinski definition) is 0. The molecule has 0 aromatic heterocycles. The average Bonchev–Trinajstić information content (AvgIpc) is 3.33. The summed E-state index contributed by atoms with van der Waals surface area (Å²) < 4.78 is 21.7. The average molecular weight is 521 g/mol. The van der Waals surface area contributed by atoms with Crippen LogP contribution in [0.1, 0.15) is 47.3 Å². The van der Waals surface area contributed by atoms with Crippen LogP contribution in [0.3, 0.4) is 0 Å². The van der Waals surface area contributed by atoms with Crippen LogP contribution in [0.5, 0.6) is 17.2 Å². The van der Waals surface area contributed by atoms with E-state index in [-0.39, 0.29) is 22.5 Å². The van der Waals surface area contributed by atoms with Crippen LogP contribution in [-0.4, -0.2) is 17.9 Å². The molecule has 1 saturated heterocycles. The molecule has 0 unspecified atom stereocenters. The lowest BCUT2D eigenvalue weighted by molar-refractivity contribution is -0.149. The molecule has 39 heavy (non-hydrogen) atoms. The molecule has 2 aliphatic heterocycles. The molecule has 0 atom stereocenters. The van der Waals surface area contributed by atoms with E-state index in [0.29, 0.717) is 41.6 Å². The Kier molecular flexibility index (Phi) is 5.91. The Labute approximate surface area is 225 Å². The molecule has 0 radical (unpaired) electrons. The van der Waals surface area contributed by atoms with Crippen molar-refractivity contribution in [2.24, 2.45) is 0 Å². The minimum absolute atomic E-state index is 0.254. The Morgan fingerprint density at radius 3 is 2.00 bits per heavy atom. The van der Waals surface area contributed by atoms with Gasteiger partial charge in [-0.3, -0.25) is 0 Å². The smallest absolute Gasteiger partial charge is 0.346 e. The Morgan fingerprint density at radius 2 is 1.31 bits per heavy atom. The van der Waals surface area contributed by atoms with E-state index in [1.807, 2.05) is 60.7 Å². The number of allylic oxidation sites excluding steroid dienone is 3. The number of fused-ring (bicyclic) bond motifs is 2. The molecule has 2 heterocycles. The summed E-state index contributed by atoms with van der Waals surface area (Å²) in [6, 6.07) is 21.1. The van der Waals surface area contributed by atoms with Crippen molar-refractivity contribution < 1.29 is 33.3 Å². The topological polar surface area (TPSA) is 88.1 Å². The van der Waals surface area contributed by atoms with Crippen molar-refractivity contribution in [1.29, 1.82) is 0 Å². The predicted molar refractivity (Wildman–Crippen MR) is 141 cm³/mol. The van der Waals surface area contributed by atoms with E-state index in [2.05, 4.69) is 18.6 Å². The summed E-state index contributed by atoms with van der Waals surface area (Å²) in [6.07, 6.45) is 5.27. The standard InChI is InChI=1S/C32H24O7/c1-32(2,21-6-11-23(12-7-21)38-25-8-3-19-18-36-29(33)28(19)17-25)20-4-9-22(10-5-20)37-24-13-15-26-27(16-14-24)31(35)39-30(26)34/h3-13,15-17H,14,18H2,1-2H3. The molecule has 7 heteroatoms. The fourth-order valence-electron chi connectivity index (χ4n) is 4.78. The zero-order valence-corrected chi connectivity index (χ0v) is 21.4. The summed E-state index contributed by atoms with van der Waals surface area (Å²) >= 11 is 0. The van der Waals surface area contributed by atoms with Gasteiger partial charge in [-0.2, -0.15) is 0 Å². The largest absolute Gasteiger partial charge is 0.461 e. The van der Waals surface area contributed by atoms with Crippen LogP contribution < -0.4 is 9.47 Å². The first-order chi connectivity index (χ1) is 18.8. The van der Waals surface area contributed by atoms with Crippen molar-refractivity contribution in [2.45, 2.75) is 32.3 Å². The van der Waals surface area contributed by atoms with Gasteiger partial charge in [0.05, 0.1) is 16.7 Å². The third-order valence-electron chi connectivity index (χ3n) is 7.16. The van der Waals surface area contributed by atoms with E-state index in [4.69, 9.17) is 14.2 Å². The van der Waals surface area contributed by atoms with Crippen LogP contribution in [-0.2, 0) is 31.1 Å². The molecule has 3 aromatic carbocycles. The molecule has 0 saturated carbocycles. The Morgan fingerprint density at radius 1 is 0.692 bits per heavy atom. The molecule has 3 aromatic rings. The van der Waals surface area contributed by atoms with Crippen LogP contribution in [0.2, 0.25) is 0 Å². The first-order valence-electron chi connectivity index (χ1n) is 12.5. The summed E-state index contributed by atoms with van der Waals surface area (Å²) in [5, 5.41) is 0. The second-order valence-corrected chi connectivity index (χ2v) is 9.99. The first-order valence-corrected chi connectivity index (χ1v) is 12.5. The molecule has 0 N–H and O–H groups in total. The maximum Gasteiger partial charge on any atom is 0.346 e. The number of carbonyl (C=O) groups is 3. The van der Waals surface area contributed by atoms with Gasteiger partial charge in [-0.15, -0.1) is 0 Å². The van der Waals surface area contributed by atoms with Gasteiger partial charge in [0.1, 0.15) is 29.6 Å². The van der Waals surface area contributed by atoms with Crippen molar-refractivity contribution >= 4 is 17.9 Å². The van der Waals surface area contributed by atoms with Gasteiger partial charge < -0.3 is 18.9 Å². The van der Waals surface area contributed by atoms with E-state index in [9.17, 15) is 14.4 Å². The van der Waals surface area contributed by atoms with Crippen LogP contribution in [0.4, 0.5) is 0 Å². The predicted octanol–water partition coefficient (Wildman–Crippen LogP) is 6.08. The van der Waals surface area contributed by atoms with Crippen molar-refractivity contribution in [3.8, 4) is 17.2 Å². The van der Waals surface area contributed by atoms with Crippen molar-refractivity contribution in [1.82, 2.24) is 0 Å². The van der Waals surface area contributed by atoms with Crippen molar-refractivity contribution in [3.05, 3.63) is 124 Å². The van der Waals surface area contributed by atoms with Gasteiger partial charge in [0.15, 0.2) is 0 Å². The maximum absolute atomic E-state index is 11.8. The highest BCUT2D eigenvalue weighted by Gasteiger charge is 2.33. The molecule has 1 aliphatic carbocycles. The molecule has 7 nitrogen and oxygen atoms in total. The van der Waals surface area contributed by atoms with Gasteiger partial charge in [-0.05, 0) is 59.7 Å². The monoisotopic (exact) mass is 520 g/mol. The number of cyclic esters (lactones) is 3. The number of benzene rings is 3. The number of esters is 3. The van der Waals surface area contributed by atoms with E-state index >= 15 is 0 Å². The second-order valence-electron chi connectivity index (χ2n) is 9.99. The Bertz CT molecular complexity index is 1600. The highest BCUT2D eigenvalue weighted by atomic mass is 16.6. The number of hydrogen-bond acceptors (Lipinski definition) is 7. The molecule has 3 aliphatic rings. The van der Waals surface area contributed by atoms with Gasteiger partial charge >= 0.3 is 17.9 Å². The lowest BCUT2D eigenvalue weighted by Crippen LogP contribution is -2.18.